The van der Waals surface area contributed by atoms with Crippen molar-refractivity contribution in [2.24, 2.45) is 0 Å². The number of carbonyl (C=O) groups is 1. The van der Waals surface area contributed by atoms with Gasteiger partial charge in [-0.2, -0.15) is 4.31 Å². The number of halogens is 1. The number of amides is 1. The van der Waals surface area contributed by atoms with E-state index in [0.29, 0.717) is 24.0 Å². The third kappa shape index (κ3) is 5.70. The summed E-state index contributed by atoms with van der Waals surface area (Å²) in [6, 6.07) is 1.44. The Morgan fingerprint density at radius 1 is 1.48 bits per heavy atom. The number of pyridine rings is 1. The molecule has 0 saturated carbocycles. The Labute approximate surface area is 132 Å². The number of rotatable bonds is 8. The molecule has 1 aromatic heterocycles. The van der Waals surface area contributed by atoms with Gasteiger partial charge in [0.05, 0.1) is 6.54 Å². The van der Waals surface area contributed by atoms with E-state index in [1.807, 2.05) is 0 Å². The zero-order valence-electron chi connectivity index (χ0n) is 11.9. The summed E-state index contributed by atoms with van der Waals surface area (Å²) in [5.74, 6) is -0.361. The minimum atomic E-state index is -3.74. The van der Waals surface area contributed by atoms with Gasteiger partial charge in [0, 0.05) is 44.2 Å². The molecule has 0 bridgehead atoms. The number of ether oxygens (including phenoxy) is 1. The largest absolute Gasteiger partial charge is 0.385 e. The van der Waals surface area contributed by atoms with Gasteiger partial charge < -0.3 is 10.1 Å². The van der Waals surface area contributed by atoms with Gasteiger partial charge >= 0.3 is 0 Å². The first-order chi connectivity index (χ1) is 9.87. The molecule has 0 atom stereocenters. The molecule has 0 aromatic carbocycles. The first kappa shape index (κ1) is 18.0. The predicted octanol–water partition coefficient (Wildman–Crippen LogP) is 0.617. The summed E-state index contributed by atoms with van der Waals surface area (Å²) >= 11 is 3.17. The van der Waals surface area contributed by atoms with E-state index in [9.17, 15) is 13.2 Å². The standard InChI is InChI=1S/C12H18BrN3O4S/c1-16(9-12(17)15-4-3-5-20-2)21(18,19)11-6-10(13)7-14-8-11/h6-8H,3-5,9H2,1-2H3,(H,15,17). The number of carbonyl (C=O) groups excluding carboxylic acids is 1. The first-order valence-electron chi connectivity index (χ1n) is 6.20. The van der Waals surface area contributed by atoms with E-state index in [1.54, 1.807) is 7.11 Å². The number of nitrogens with zero attached hydrogens (tertiary/aromatic N) is 2. The maximum absolute atomic E-state index is 12.3. The predicted molar refractivity (Wildman–Crippen MR) is 81.3 cm³/mol. The van der Waals surface area contributed by atoms with Crippen LogP contribution in [0.3, 0.4) is 0 Å². The molecule has 1 aromatic rings. The fourth-order valence-electron chi connectivity index (χ4n) is 1.50. The minimum absolute atomic E-state index is 0.0338. The van der Waals surface area contributed by atoms with Crippen molar-refractivity contribution in [1.29, 1.82) is 0 Å². The number of likely N-dealkylation sites (N-methyl/N-ethyl adjacent to an activating group) is 1. The van der Waals surface area contributed by atoms with Crippen LogP contribution in [0.25, 0.3) is 0 Å². The normalized spacial score (nSPS) is 11.6. The maximum atomic E-state index is 12.3. The fourth-order valence-corrected chi connectivity index (χ4v) is 3.13. The quantitative estimate of drug-likeness (QED) is 0.668. The van der Waals surface area contributed by atoms with Crippen molar-refractivity contribution in [3.63, 3.8) is 0 Å². The highest BCUT2D eigenvalue weighted by molar-refractivity contribution is 9.10. The van der Waals surface area contributed by atoms with Crippen LogP contribution in [0, 0.1) is 0 Å². The van der Waals surface area contributed by atoms with Crippen LogP contribution >= 0.6 is 15.9 Å². The third-order valence-electron chi connectivity index (χ3n) is 2.60. The van der Waals surface area contributed by atoms with Crippen molar-refractivity contribution >= 4 is 31.9 Å². The lowest BCUT2D eigenvalue weighted by Crippen LogP contribution is -2.38. The molecular weight excluding hydrogens is 362 g/mol. The van der Waals surface area contributed by atoms with Gasteiger partial charge in [0.2, 0.25) is 15.9 Å². The fraction of sp³-hybridized carbons (Fsp3) is 0.500. The van der Waals surface area contributed by atoms with Crippen molar-refractivity contribution in [1.82, 2.24) is 14.6 Å². The topological polar surface area (TPSA) is 88.6 Å². The van der Waals surface area contributed by atoms with E-state index in [2.05, 4.69) is 26.2 Å². The Hall–Kier alpha value is -1.03. The lowest BCUT2D eigenvalue weighted by Gasteiger charge is -2.16. The molecule has 1 N–H and O–H groups in total. The SMILES string of the molecule is COCCCNC(=O)CN(C)S(=O)(=O)c1cncc(Br)c1. The molecule has 21 heavy (non-hydrogen) atoms. The molecular formula is C12H18BrN3O4S. The molecule has 0 aliphatic heterocycles. The van der Waals surface area contributed by atoms with Crippen molar-refractivity contribution in [3.8, 4) is 0 Å². The highest BCUT2D eigenvalue weighted by Crippen LogP contribution is 2.17. The number of sulfonamides is 1. The van der Waals surface area contributed by atoms with Crippen LogP contribution in [0.5, 0.6) is 0 Å². The second kappa shape index (κ2) is 8.42. The van der Waals surface area contributed by atoms with Crippen LogP contribution in [-0.2, 0) is 19.6 Å². The van der Waals surface area contributed by atoms with Crippen molar-refractivity contribution in [3.05, 3.63) is 22.9 Å². The zero-order chi connectivity index (χ0) is 15.9. The van der Waals surface area contributed by atoms with E-state index in [1.165, 1.54) is 25.5 Å². The van der Waals surface area contributed by atoms with Gasteiger partial charge in [-0.1, -0.05) is 0 Å². The molecule has 0 fully saturated rings. The van der Waals surface area contributed by atoms with Crippen LogP contribution in [-0.4, -0.2) is 57.5 Å². The Balaban J connectivity index is 2.61. The molecule has 0 saturated heterocycles. The molecule has 0 aliphatic rings. The summed E-state index contributed by atoms with van der Waals surface area (Å²) in [6.45, 7) is 0.735. The Bertz CT molecular complexity index is 580. The van der Waals surface area contributed by atoms with Gasteiger partial charge in [-0.15, -0.1) is 0 Å². The van der Waals surface area contributed by atoms with Crippen molar-refractivity contribution in [2.45, 2.75) is 11.3 Å². The maximum Gasteiger partial charge on any atom is 0.244 e. The summed E-state index contributed by atoms with van der Waals surface area (Å²) in [7, 11) is -0.807. The van der Waals surface area contributed by atoms with Gasteiger partial charge in [-0.05, 0) is 28.4 Å². The van der Waals surface area contributed by atoms with E-state index in [-0.39, 0.29) is 17.3 Å². The van der Waals surface area contributed by atoms with Crippen LogP contribution in [0.15, 0.2) is 27.8 Å². The summed E-state index contributed by atoms with van der Waals surface area (Å²) in [6.07, 6.45) is 3.41. The Kier molecular flexibility index (Phi) is 7.23. The van der Waals surface area contributed by atoms with Crippen LogP contribution in [0.1, 0.15) is 6.42 Å². The molecule has 0 unspecified atom stereocenters. The molecule has 7 nitrogen and oxygen atoms in total. The Morgan fingerprint density at radius 3 is 2.81 bits per heavy atom. The van der Waals surface area contributed by atoms with Crippen LogP contribution in [0.2, 0.25) is 0 Å². The summed E-state index contributed by atoms with van der Waals surface area (Å²) in [5.41, 5.74) is 0. The van der Waals surface area contributed by atoms with E-state index in [4.69, 9.17) is 4.74 Å². The van der Waals surface area contributed by atoms with E-state index >= 15 is 0 Å². The highest BCUT2D eigenvalue weighted by atomic mass is 79.9. The molecule has 9 heteroatoms. The number of hydrogen-bond acceptors (Lipinski definition) is 5. The number of methoxy groups -OCH3 is 1. The molecule has 0 radical (unpaired) electrons. The number of nitrogens with one attached hydrogen (secondary N) is 1. The number of aromatic nitrogens is 1. The number of hydrogen-bond donors (Lipinski definition) is 1. The Morgan fingerprint density at radius 2 is 2.19 bits per heavy atom. The zero-order valence-corrected chi connectivity index (χ0v) is 14.3. The smallest absolute Gasteiger partial charge is 0.244 e. The lowest BCUT2D eigenvalue weighted by molar-refractivity contribution is -0.121. The van der Waals surface area contributed by atoms with E-state index < -0.39 is 10.0 Å². The first-order valence-corrected chi connectivity index (χ1v) is 8.43. The summed E-state index contributed by atoms with van der Waals surface area (Å²) in [5, 5.41) is 2.63. The van der Waals surface area contributed by atoms with Crippen LogP contribution < -0.4 is 5.32 Å². The lowest BCUT2D eigenvalue weighted by atomic mass is 10.4. The van der Waals surface area contributed by atoms with Gasteiger partial charge in [0.1, 0.15) is 4.90 Å². The third-order valence-corrected chi connectivity index (χ3v) is 4.80. The molecule has 1 amide bonds. The van der Waals surface area contributed by atoms with Crippen LogP contribution in [0.4, 0.5) is 0 Å². The average molecular weight is 380 g/mol. The molecule has 1 rings (SSSR count). The van der Waals surface area contributed by atoms with Gasteiger partial charge in [-0.25, -0.2) is 8.42 Å². The second-order valence-electron chi connectivity index (χ2n) is 4.30. The van der Waals surface area contributed by atoms with Gasteiger partial charge in [0.25, 0.3) is 0 Å². The monoisotopic (exact) mass is 379 g/mol. The summed E-state index contributed by atoms with van der Waals surface area (Å²) < 4.78 is 30.9. The van der Waals surface area contributed by atoms with E-state index in [0.717, 1.165) is 4.31 Å². The van der Waals surface area contributed by atoms with Gasteiger partial charge in [0.15, 0.2) is 0 Å². The minimum Gasteiger partial charge on any atom is -0.385 e. The average Bonchev–Trinajstić information content (AvgIpc) is 2.43. The molecule has 0 spiro atoms. The highest BCUT2D eigenvalue weighted by Gasteiger charge is 2.23. The molecule has 1 heterocycles. The van der Waals surface area contributed by atoms with Gasteiger partial charge in [-0.3, -0.25) is 9.78 Å². The molecule has 0 aliphatic carbocycles. The molecule has 118 valence electrons. The second-order valence-corrected chi connectivity index (χ2v) is 7.26. The van der Waals surface area contributed by atoms with Crippen molar-refractivity contribution in [2.75, 3.05) is 33.9 Å². The summed E-state index contributed by atoms with van der Waals surface area (Å²) in [4.78, 5) is 15.5. The van der Waals surface area contributed by atoms with Crippen molar-refractivity contribution < 1.29 is 17.9 Å².